The van der Waals surface area contributed by atoms with E-state index in [0.29, 0.717) is 0 Å². The summed E-state index contributed by atoms with van der Waals surface area (Å²) in [4.78, 5) is 2.36. The summed E-state index contributed by atoms with van der Waals surface area (Å²) in [6.07, 6.45) is 0. The van der Waals surface area contributed by atoms with Crippen molar-refractivity contribution in [3.8, 4) is 0 Å². The predicted octanol–water partition coefficient (Wildman–Crippen LogP) is -1.62. The van der Waals surface area contributed by atoms with Crippen LogP contribution in [0, 0.1) is 27.7 Å². The van der Waals surface area contributed by atoms with Crippen LogP contribution in [0.5, 0.6) is 0 Å². The Labute approximate surface area is 193 Å². The van der Waals surface area contributed by atoms with Crippen LogP contribution < -0.4 is 35.4 Å². The molecule has 2 aromatic rings. The van der Waals surface area contributed by atoms with Gasteiger partial charge in [-0.3, -0.25) is 0 Å². The van der Waals surface area contributed by atoms with Gasteiger partial charge in [0.15, 0.2) is 0 Å². The van der Waals surface area contributed by atoms with Crippen molar-refractivity contribution in [3.63, 3.8) is 0 Å². The Kier molecular flexibility index (Phi) is 15.1. The standard InChI is InChI=1S/C21H31N3.Au.2ClH/c1-16-8-6-9-17(2)20(16)22-12-14-24(5)15-13-23-21-18(3)10-7-11-19(21)4;;;/h6-11,22-23H,12-15H2,1-5H3;;2*1H/q;+2;;/p-2. The fourth-order valence-corrected chi connectivity index (χ4v) is 3.04. The van der Waals surface area contributed by atoms with Crippen LogP contribution in [0.25, 0.3) is 0 Å². The second-order valence-corrected chi connectivity index (χ2v) is 6.69. The normalized spacial score (nSPS) is 9.70. The molecule has 0 saturated carbocycles. The molecular formula is C21H31AuCl2N3. The molecule has 0 aliphatic carbocycles. The zero-order chi connectivity index (χ0) is 17.5. The van der Waals surface area contributed by atoms with E-state index in [2.05, 4.69) is 86.7 Å². The first-order chi connectivity index (χ1) is 11.5. The van der Waals surface area contributed by atoms with Gasteiger partial charge in [-0.1, -0.05) is 36.4 Å². The molecule has 0 bridgehead atoms. The maximum absolute atomic E-state index is 3.58. The molecule has 27 heavy (non-hydrogen) atoms. The summed E-state index contributed by atoms with van der Waals surface area (Å²) in [5.74, 6) is 0. The molecular weight excluding hydrogens is 562 g/mol. The summed E-state index contributed by atoms with van der Waals surface area (Å²) < 4.78 is 0. The van der Waals surface area contributed by atoms with Crippen LogP contribution in [-0.2, 0) is 22.4 Å². The van der Waals surface area contributed by atoms with Gasteiger partial charge >= 0.3 is 22.4 Å². The second kappa shape index (κ2) is 14.3. The maximum atomic E-state index is 3.58. The molecule has 0 fully saturated rings. The quantitative estimate of drug-likeness (QED) is 0.361. The van der Waals surface area contributed by atoms with Crippen molar-refractivity contribution in [2.75, 3.05) is 43.9 Å². The van der Waals surface area contributed by atoms with Crippen molar-refractivity contribution < 1.29 is 47.2 Å². The van der Waals surface area contributed by atoms with E-state index < -0.39 is 0 Å². The van der Waals surface area contributed by atoms with Crippen LogP contribution in [0.1, 0.15) is 22.3 Å². The SMILES string of the molecule is Cc1cccc(C)c1NCCN(C)CCNc1c(C)cccc1C.[Au+2].[Cl-].[Cl-]. The smallest absolute Gasteiger partial charge is 1.00 e. The third kappa shape index (κ3) is 8.91. The molecule has 0 aliphatic rings. The molecule has 0 aromatic heterocycles. The number of nitrogens with zero attached hydrogens (tertiary/aromatic N) is 1. The van der Waals surface area contributed by atoms with E-state index in [1.165, 1.54) is 33.6 Å². The number of hydrogen-bond donors (Lipinski definition) is 2. The number of nitrogens with one attached hydrogen (secondary N) is 2. The summed E-state index contributed by atoms with van der Waals surface area (Å²) in [6.45, 7) is 12.6. The Balaban J connectivity index is 0. The molecule has 0 spiro atoms. The van der Waals surface area contributed by atoms with Gasteiger partial charge < -0.3 is 40.3 Å². The molecule has 3 nitrogen and oxygen atoms in total. The molecule has 2 aromatic carbocycles. The molecule has 0 unspecified atom stereocenters. The van der Waals surface area contributed by atoms with Gasteiger partial charge in [0.2, 0.25) is 0 Å². The van der Waals surface area contributed by atoms with Crippen LogP contribution in [0.3, 0.4) is 0 Å². The van der Waals surface area contributed by atoms with Crippen LogP contribution in [-0.4, -0.2) is 38.1 Å². The van der Waals surface area contributed by atoms with Crippen molar-refractivity contribution in [2.24, 2.45) is 0 Å². The third-order valence-corrected chi connectivity index (χ3v) is 4.55. The fourth-order valence-electron chi connectivity index (χ4n) is 3.04. The minimum absolute atomic E-state index is 0. The van der Waals surface area contributed by atoms with Crippen molar-refractivity contribution >= 4 is 11.4 Å². The monoisotopic (exact) mass is 592 g/mol. The average molecular weight is 593 g/mol. The molecule has 0 atom stereocenters. The molecule has 1 radical (unpaired) electrons. The Morgan fingerprint density at radius 2 is 0.963 bits per heavy atom. The van der Waals surface area contributed by atoms with Crippen LogP contribution >= 0.6 is 0 Å². The molecule has 6 heteroatoms. The Hall–Kier alpha value is -0.680. The number of halogens is 2. The summed E-state index contributed by atoms with van der Waals surface area (Å²) in [5.41, 5.74) is 7.81. The van der Waals surface area contributed by atoms with Crippen molar-refractivity contribution in [3.05, 3.63) is 58.7 Å². The van der Waals surface area contributed by atoms with E-state index in [-0.39, 0.29) is 47.2 Å². The fraction of sp³-hybridized carbons (Fsp3) is 0.429. The number of rotatable bonds is 8. The number of anilines is 2. The number of para-hydroxylation sites is 2. The van der Waals surface area contributed by atoms with Crippen LogP contribution in [0.15, 0.2) is 36.4 Å². The van der Waals surface area contributed by atoms with Gasteiger partial charge in [-0.05, 0) is 57.0 Å². The first-order valence-corrected chi connectivity index (χ1v) is 8.77. The van der Waals surface area contributed by atoms with Gasteiger partial charge in [0.1, 0.15) is 0 Å². The van der Waals surface area contributed by atoms with Gasteiger partial charge in [0, 0.05) is 37.6 Å². The van der Waals surface area contributed by atoms with E-state index in [9.17, 15) is 0 Å². The Morgan fingerprint density at radius 3 is 1.26 bits per heavy atom. The third-order valence-electron chi connectivity index (χ3n) is 4.55. The number of likely N-dealkylation sites (N-methyl/N-ethyl adjacent to an activating group) is 1. The molecule has 0 aliphatic heterocycles. The molecule has 0 saturated heterocycles. The zero-order valence-corrected chi connectivity index (χ0v) is 20.5. The van der Waals surface area contributed by atoms with Crippen LogP contribution in [0.2, 0.25) is 0 Å². The zero-order valence-electron chi connectivity index (χ0n) is 16.8. The molecule has 0 heterocycles. The average Bonchev–Trinajstić information content (AvgIpc) is 2.53. The van der Waals surface area contributed by atoms with Crippen molar-refractivity contribution in [1.29, 1.82) is 0 Å². The summed E-state index contributed by atoms with van der Waals surface area (Å²) in [5, 5.41) is 7.15. The van der Waals surface area contributed by atoms with Crippen molar-refractivity contribution in [1.82, 2.24) is 4.90 Å². The summed E-state index contributed by atoms with van der Waals surface area (Å²) in [7, 11) is 2.18. The summed E-state index contributed by atoms with van der Waals surface area (Å²) in [6, 6.07) is 12.9. The van der Waals surface area contributed by atoms with E-state index in [4.69, 9.17) is 0 Å². The van der Waals surface area contributed by atoms with E-state index in [1.807, 2.05) is 0 Å². The van der Waals surface area contributed by atoms with E-state index in [0.717, 1.165) is 26.2 Å². The topological polar surface area (TPSA) is 27.3 Å². The Morgan fingerprint density at radius 1 is 0.667 bits per heavy atom. The van der Waals surface area contributed by atoms with Gasteiger partial charge in [-0.15, -0.1) is 0 Å². The van der Waals surface area contributed by atoms with E-state index in [1.54, 1.807) is 0 Å². The van der Waals surface area contributed by atoms with Crippen LogP contribution in [0.4, 0.5) is 11.4 Å². The minimum atomic E-state index is 0. The molecule has 2 rings (SSSR count). The first kappa shape index (κ1) is 28.5. The summed E-state index contributed by atoms with van der Waals surface area (Å²) >= 11 is 0. The van der Waals surface area contributed by atoms with Gasteiger partial charge in [0.25, 0.3) is 0 Å². The number of aryl methyl sites for hydroxylation is 4. The van der Waals surface area contributed by atoms with Gasteiger partial charge in [0.05, 0.1) is 0 Å². The van der Waals surface area contributed by atoms with Gasteiger partial charge in [-0.2, -0.15) is 0 Å². The Bertz CT molecular complexity index is 582. The molecule has 155 valence electrons. The van der Waals surface area contributed by atoms with E-state index >= 15 is 0 Å². The predicted molar refractivity (Wildman–Crippen MR) is 106 cm³/mol. The second-order valence-electron chi connectivity index (χ2n) is 6.69. The number of hydrogen-bond acceptors (Lipinski definition) is 3. The largest absolute Gasteiger partial charge is 2.00 e. The number of benzene rings is 2. The van der Waals surface area contributed by atoms with Gasteiger partial charge in [-0.25, -0.2) is 0 Å². The van der Waals surface area contributed by atoms with Crippen molar-refractivity contribution in [2.45, 2.75) is 27.7 Å². The minimum Gasteiger partial charge on any atom is -1.00 e. The molecule has 0 amide bonds. The maximum Gasteiger partial charge on any atom is 2.00 e. The molecule has 2 N–H and O–H groups in total. The first-order valence-electron chi connectivity index (χ1n) is 8.77.